The van der Waals surface area contributed by atoms with Crippen molar-refractivity contribution >= 4 is 11.5 Å². The van der Waals surface area contributed by atoms with E-state index < -0.39 is 35.8 Å². The summed E-state index contributed by atoms with van der Waals surface area (Å²) in [7, 11) is 0. The first-order valence-electron chi connectivity index (χ1n) is 7.43. The lowest BCUT2D eigenvalue weighted by atomic mass is 9.93. The number of aliphatic hydroxyl groups excluding tert-OH is 2. The number of hydrogen-bond donors (Lipinski definition) is 2. The van der Waals surface area contributed by atoms with E-state index in [4.69, 9.17) is 9.47 Å². The van der Waals surface area contributed by atoms with Crippen molar-refractivity contribution < 1.29 is 29.4 Å². The molecule has 24 heavy (non-hydrogen) atoms. The van der Waals surface area contributed by atoms with Gasteiger partial charge in [-0.3, -0.25) is 14.9 Å². The number of non-ortho nitro benzene ring substituents is 1. The number of hydrogen-bond acceptors (Lipinski definition) is 7. The smallest absolute Gasteiger partial charge is 0.269 e. The van der Waals surface area contributed by atoms with Gasteiger partial charge in [-0.25, -0.2) is 0 Å². The normalized spacial score (nSPS) is 22.4. The van der Waals surface area contributed by atoms with E-state index in [9.17, 15) is 25.1 Å². The van der Waals surface area contributed by atoms with E-state index >= 15 is 0 Å². The second kappa shape index (κ2) is 7.63. The highest BCUT2D eigenvalue weighted by Gasteiger charge is 2.35. The Balaban J connectivity index is 2.29. The van der Waals surface area contributed by atoms with Crippen molar-refractivity contribution in [2.75, 3.05) is 6.61 Å². The molecule has 8 heteroatoms. The molecule has 130 valence electrons. The van der Waals surface area contributed by atoms with Crippen LogP contribution < -0.4 is 0 Å². The van der Waals surface area contributed by atoms with Gasteiger partial charge in [-0.15, -0.1) is 0 Å². The predicted octanol–water partition coefficient (Wildman–Crippen LogP) is 1.27. The monoisotopic (exact) mass is 337 g/mol. The fraction of sp³-hybridized carbons (Fsp3) is 0.438. The summed E-state index contributed by atoms with van der Waals surface area (Å²) in [5.41, 5.74) is 0.231. The first kappa shape index (κ1) is 18.2. The van der Waals surface area contributed by atoms with Crippen molar-refractivity contribution in [3.8, 4) is 0 Å². The molecule has 0 bridgehead atoms. The van der Waals surface area contributed by atoms with Gasteiger partial charge < -0.3 is 19.7 Å². The van der Waals surface area contributed by atoms with Gasteiger partial charge in [-0.05, 0) is 37.6 Å². The van der Waals surface area contributed by atoms with Crippen molar-refractivity contribution in [2.24, 2.45) is 0 Å². The number of carbonyl (C=O) groups is 1. The topological polar surface area (TPSA) is 119 Å². The second-order valence-electron chi connectivity index (χ2n) is 5.60. The number of ketones is 1. The summed E-state index contributed by atoms with van der Waals surface area (Å²) in [6, 6.07) is 5.24. The van der Waals surface area contributed by atoms with E-state index in [1.165, 1.54) is 30.3 Å². The third-order valence-electron chi connectivity index (χ3n) is 3.48. The maximum Gasteiger partial charge on any atom is 0.269 e. The molecule has 0 aliphatic carbocycles. The highest BCUT2D eigenvalue weighted by atomic mass is 16.7. The minimum atomic E-state index is -1.30. The Morgan fingerprint density at radius 3 is 2.46 bits per heavy atom. The van der Waals surface area contributed by atoms with Gasteiger partial charge in [0.05, 0.1) is 17.6 Å². The number of Topliss-reactive ketones (excluding diaryl/α,β-unsaturated/α-hetero) is 1. The molecule has 0 unspecified atom stereocenters. The number of nitro benzene ring substituents is 1. The molecule has 1 aliphatic heterocycles. The molecule has 0 aromatic heterocycles. The van der Waals surface area contributed by atoms with E-state index in [0.717, 1.165) is 0 Å². The highest BCUT2D eigenvalue weighted by molar-refractivity contribution is 6.00. The molecular weight excluding hydrogens is 318 g/mol. The van der Waals surface area contributed by atoms with Gasteiger partial charge in [0.15, 0.2) is 12.1 Å². The number of nitrogens with zero attached hydrogens (tertiary/aromatic N) is 1. The van der Waals surface area contributed by atoms with Gasteiger partial charge in [-0.1, -0.05) is 0 Å². The summed E-state index contributed by atoms with van der Waals surface area (Å²) < 4.78 is 10.8. The van der Waals surface area contributed by atoms with Gasteiger partial charge in [0.1, 0.15) is 12.2 Å². The predicted molar refractivity (Wildman–Crippen MR) is 83.1 cm³/mol. The van der Waals surface area contributed by atoms with Crippen molar-refractivity contribution in [3.05, 3.63) is 51.6 Å². The van der Waals surface area contributed by atoms with Crippen LogP contribution in [0.1, 0.15) is 25.5 Å². The van der Waals surface area contributed by atoms with E-state index in [2.05, 4.69) is 0 Å². The van der Waals surface area contributed by atoms with Crippen LogP contribution >= 0.6 is 0 Å². The zero-order valence-corrected chi connectivity index (χ0v) is 13.3. The van der Waals surface area contributed by atoms with Crippen LogP contribution in [0.5, 0.6) is 0 Å². The number of aliphatic hydroxyl groups is 2. The summed E-state index contributed by atoms with van der Waals surface area (Å²) in [6.07, 6.45) is -2.12. The molecule has 0 fully saturated rings. The molecule has 1 aliphatic rings. The largest absolute Gasteiger partial charge is 0.393 e. The average molecular weight is 337 g/mol. The standard InChI is InChI=1S/C16H19NO7/c1-9(2)23-14-7-12(16(20)13(8-18)24-14)15(19)10-3-5-11(6-4-10)17(21)22/h3-7,9,13-15,18-19H,8H2,1-2H3/t13-,14+,15-/m1/s1. The third kappa shape index (κ3) is 4.04. The lowest BCUT2D eigenvalue weighted by molar-refractivity contribution is -0.384. The SMILES string of the molecule is CC(C)O[C@@H]1C=C([C@H](O)c2ccc([N+](=O)[O-])cc2)C(=O)[C@@H](CO)O1. The zero-order chi connectivity index (χ0) is 17.9. The molecular formula is C16H19NO7. The molecule has 0 amide bonds. The molecule has 0 spiro atoms. The Morgan fingerprint density at radius 2 is 1.96 bits per heavy atom. The van der Waals surface area contributed by atoms with Crippen molar-refractivity contribution in [3.63, 3.8) is 0 Å². The molecule has 0 radical (unpaired) electrons. The van der Waals surface area contributed by atoms with Crippen LogP contribution in [-0.4, -0.2) is 46.0 Å². The van der Waals surface area contributed by atoms with E-state index in [0.29, 0.717) is 5.56 Å². The van der Waals surface area contributed by atoms with Crippen LogP contribution in [0.4, 0.5) is 5.69 Å². The summed E-state index contributed by atoms with van der Waals surface area (Å²) in [4.78, 5) is 22.4. The minimum Gasteiger partial charge on any atom is -0.393 e. The number of carbonyl (C=O) groups excluding carboxylic acids is 1. The fourth-order valence-corrected chi connectivity index (χ4v) is 2.33. The summed E-state index contributed by atoms with van der Waals surface area (Å²) in [5.74, 6) is -0.549. The Kier molecular flexibility index (Phi) is 5.79. The first-order chi connectivity index (χ1) is 11.3. The van der Waals surface area contributed by atoms with E-state index in [-0.39, 0.29) is 17.4 Å². The third-order valence-corrected chi connectivity index (χ3v) is 3.48. The number of benzene rings is 1. The summed E-state index contributed by atoms with van der Waals surface area (Å²) in [5, 5.41) is 30.4. The molecule has 1 aromatic rings. The van der Waals surface area contributed by atoms with E-state index in [1.807, 2.05) is 0 Å². The summed E-state index contributed by atoms with van der Waals surface area (Å²) >= 11 is 0. The highest BCUT2D eigenvalue weighted by Crippen LogP contribution is 2.29. The van der Waals surface area contributed by atoms with Crippen molar-refractivity contribution in [1.29, 1.82) is 0 Å². The van der Waals surface area contributed by atoms with Gasteiger partial charge in [0, 0.05) is 17.7 Å². The first-order valence-corrected chi connectivity index (χ1v) is 7.43. The molecule has 3 atom stereocenters. The van der Waals surface area contributed by atoms with Crippen molar-refractivity contribution in [1.82, 2.24) is 0 Å². The Labute approximate surface area is 138 Å². The average Bonchev–Trinajstić information content (AvgIpc) is 2.55. The zero-order valence-electron chi connectivity index (χ0n) is 13.3. The van der Waals surface area contributed by atoms with Gasteiger partial charge in [-0.2, -0.15) is 0 Å². The lowest BCUT2D eigenvalue weighted by Crippen LogP contribution is -2.40. The number of nitro groups is 1. The van der Waals surface area contributed by atoms with Gasteiger partial charge in [0.2, 0.25) is 0 Å². The molecule has 1 heterocycles. The maximum atomic E-state index is 12.3. The number of ether oxygens (including phenoxy) is 2. The van der Waals surface area contributed by atoms with Gasteiger partial charge >= 0.3 is 0 Å². The molecule has 1 aromatic carbocycles. The van der Waals surface area contributed by atoms with Gasteiger partial charge in [0.25, 0.3) is 5.69 Å². The Bertz CT molecular complexity index is 638. The Hall–Kier alpha value is -2.13. The van der Waals surface area contributed by atoms with Crippen molar-refractivity contribution in [2.45, 2.75) is 38.4 Å². The lowest BCUT2D eigenvalue weighted by Gasteiger charge is -2.30. The van der Waals surface area contributed by atoms with Crippen LogP contribution in [0.15, 0.2) is 35.9 Å². The fourth-order valence-electron chi connectivity index (χ4n) is 2.33. The quantitative estimate of drug-likeness (QED) is 0.592. The molecule has 0 saturated carbocycles. The van der Waals surface area contributed by atoms with E-state index in [1.54, 1.807) is 13.8 Å². The molecule has 2 N–H and O–H groups in total. The molecule has 0 saturated heterocycles. The second-order valence-corrected chi connectivity index (χ2v) is 5.60. The van der Waals surface area contributed by atoms with Crippen LogP contribution in [0.2, 0.25) is 0 Å². The maximum absolute atomic E-state index is 12.3. The molecule has 2 rings (SSSR count). The van der Waals surface area contributed by atoms with Crippen LogP contribution in [0, 0.1) is 10.1 Å². The Morgan fingerprint density at radius 1 is 1.33 bits per heavy atom. The number of rotatable bonds is 6. The van der Waals surface area contributed by atoms with Crippen LogP contribution in [-0.2, 0) is 14.3 Å². The molecule has 8 nitrogen and oxygen atoms in total. The minimum absolute atomic E-state index is 0.0276. The summed E-state index contributed by atoms with van der Waals surface area (Å²) in [6.45, 7) is 3.03. The van der Waals surface area contributed by atoms with Crippen LogP contribution in [0.25, 0.3) is 0 Å². The van der Waals surface area contributed by atoms with Crippen LogP contribution in [0.3, 0.4) is 0 Å².